The first-order valence-electron chi connectivity index (χ1n) is 6.86. The van der Waals surface area contributed by atoms with Crippen LogP contribution in [0.15, 0.2) is 18.2 Å². The number of rotatable bonds is 3. The maximum absolute atomic E-state index is 6.12. The van der Waals surface area contributed by atoms with Gasteiger partial charge >= 0.3 is 0 Å². The Morgan fingerprint density at radius 2 is 2.28 bits per heavy atom. The van der Waals surface area contributed by atoms with Crippen LogP contribution < -0.4 is 10.2 Å². The number of nitrogens with one attached hydrogen (secondary N) is 1. The highest BCUT2D eigenvalue weighted by Crippen LogP contribution is 2.26. The maximum Gasteiger partial charge on any atom is 0.0426 e. The van der Waals surface area contributed by atoms with Crippen LogP contribution in [0.3, 0.4) is 0 Å². The molecule has 0 spiro atoms. The summed E-state index contributed by atoms with van der Waals surface area (Å²) < 4.78 is 0. The van der Waals surface area contributed by atoms with Gasteiger partial charge in [0.25, 0.3) is 0 Å². The standard InChI is InChI=1S/C15H23ClN2/c1-4-11(2)14-10-18(8-7-17-14)15-9-13(16)6-5-12(15)3/h5-6,9,11,14,17H,4,7-8,10H2,1-3H3. The third-order valence-corrected chi connectivity index (χ3v) is 4.28. The van der Waals surface area contributed by atoms with Crippen molar-refractivity contribution in [1.82, 2.24) is 5.32 Å². The molecule has 2 unspecified atom stereocenters. The molecule has 2 rings (SSSR count). The van der Waals surface area contributed by atoms with E-state index in [1.54, 1.807) is 0 Å². The highest BCUT2D eigenvalue weighted by molar-refractivity contribution is 6.30. The van der Waals surface area contributed by atoms with Crippen LogP contribution in [0.25, 0.3) is 0 Å². The lowest BCUT2D eigenvalue weighted by Gasteiger charge is -2.38. The quantitative estimate of drug-likeness (QED) is 0.901. The van der Waals surface area contributed by atoms with Crippen molar-refractivity contribution >= 4 is 17.3 Å². The van der Waals surface area contributed by atoms with Crippen LogP contribution in [0, 0.1) is 12.8 Å². The van der Waals surface area contributed by atoms with Gasteiger partial charge in [-0.3, -0.25) is 0 Å². The van der Waals surface area contributed by atoms with Crippen molar-refractivity contribution in [2.75, 3.05) is 24.5 Å². The predicted octanol–water partition coefficient (Wildman–Crippen LogP) is 3.47. The fourth-order valence-corrected chi connectivity index (χ4v) is 2.75. The van der Waals surface area contributed by atoms with Crippen LogP contribution in [-0.4, -0.2) is 25.7 Å². The highest BCUT2D eigenvalue weighted by Gasteiger charge is 2.24. The fraction of sp³-hybridized carbons (Fsp3) is 0.600. The average Bonchev–Trinajstić information content (AvgIpc) is 2.40. The number of nitrogens with zero attached hydrogens (tertiary/aromatic N) is 1. The van der Waals surface area contributed by atoms with E-state index in [4.69, 9.17) is 11.6 Å². The van der Waals surface area contributed by atoms with Gasteiger partial charge in [-0.15, -0.1) is 0 Å². The second-order valence-electron chi connectivity index (χ2n) is 5.32. The molecule has 1 aromatic rings. The molecule has 0 aliphatic carbocycles. The van der Waals surface area contributed by atoms with Gasteiger partial charge < -0.3 is 10.2 Å². The topological polar surface area (TPSA) is 15.3 Å². The third kappa shape index (κ3) is 2.99. The summed E-state index contributed by atoms with van der Waals surface area (Å²) in [5, 5.41) is 4.46. The predicted molar refractivity (Wildman–Crippen MR) is 79.6 cm³/mol. The number of anilines is 1. The Kier molecular flexibility index (Phi) is 4.52. The van der Waals surface area contributed by atoms with Gasteiger partial charge in [-0.1, -0.05) is 37.9 Å². The molecular weight excluding hydrogens is 244 g/mol. The second kappa shape index (κ2) is 5.94. The van der Waals surface area contributed by atoms with Crippen LogP contribution in [0.4, 0.5) is 5.69 Å². The summed E-state index contributed by atoms with van der Waals surface area (Å²) >= 11 is 6.12. The number of aryl methyl sites for hydroxylation is 1. The Bertz CT molecular complexity index is 405. The van der Waals surface area contributed by atoms with E-state index in [1.165, 1.54) is 17.7 Å². The van der Waals surface area contributed by atoms with Gasteiger partial charge in [0.15, 0.2) is 0 Å². The van der Waals surface area contributed by atoms with Crippen LogP contribution in [0.1, 0.15) is 25.8 Å². The first-order chi connectivity index (χ1) is 8.61. The van der Waals surface area contributed by atoms with Crippen molar-refractivity contribution in [2.24, 2.45) is 5.92 Å². The molecular formula is C15H23ClN2. The minimum atomic E-state index is 0.585. The van der Waals surface area contributed by atoms with Gasteiger partial charge in [0, 0.05) is 36.4 Å². The Labute approximate surface area is 115 Å². The molecule has 1 saturated heterocycles. The van der Waals surface area contributed by atoms with E-state index >= 15 is 0 Å². The molecule has 1 aromatic carbocycles. The SMILES string of the molecule is CCC(C)C1CN(c2cc(Cl)ccc2C)CCN1. The number of piperazine rings is 1. The summed E-state index contributed by atoms with van der Waals surface area (Å²) in [5.41, 5.74) is 2.60. The Morgan fingerprint density at radius 1 is 1.50 bits per heavy atom. The number of benzene rings is 1. The largest absolute Gasteiger partial charge is 0.368 e. The van der Waals surface area contributed by atoms with Gasteiger partial charge in [-0.2, -0.15) is 0 Å². The molecule has 2 nitrogen and oxygen atoms in total. The zero-order valence-electron chi connectivity index (χ0n) is 11.5. The van der Waals surface area contributed by atoms with E-state index in [9.17, 15) is 0 Å². The Morgan fingerprint density at radius 3 is 3.00 bits per heavy atom. The first-order valence-corrected chi connectivity index (χ1v) is 7.24. The summed E-state index contributed by atoms with van der Waals surface area (Å²) in [6.45, 7) is 9.94. The molecule has 0 saturated carbocycles. The van der Waals surface area contributed by atoms with Crippen molar-refractivity contribution in [2.45, 2.75) is 33.2 Å². The van der Waals surface area contributed by atoms with Crippen molar-refractivity contribution in [3.05, 3.63) is 28.8 Å². The first kappa shape index (κ1) is 13.7. The fourth-order valence-electron chi connectivity index (χ4n) is 2.59. The molecule has 18 heavy (non-hydrogen) atoms. The molecule has 1 heterocycles. The third-order valence-electron chi connectivity index (χ3n) is 4.05. The van der Waals surface area contributed by atoms with Gasteiger partial charge in [-0.25, -0.2) is 0 Å². The molecule has 2 atom stereocenters. The summed E-state index contributed by atoms with van der Waals surface area (Å²) in [6, 6.07) is 6.75. The van der Waals surface area contributed by atoms with E-state index in [0.717, 1.165) is 24.7 Å². The minimum Gasteiger partial charge on any atom is -0.368 e. The van der Waals surface area contributed by atoms with Gasteiger partial charge in [0.05, 0.1) is 0 Å². The van der Waals surface area contributed by atoms with E-state index in [2.05, 4.69) is 43.1 Å². The van der Waals surface area contributed by atoms with Crippen LogP contribution in [0.5, 0.6) is 0 Å². The van der Waals surface area contributed by atoms with E-state index in [1.807, 2.05) is 6.07 Å². The molecule has 1 fully saturated rings. The van der Waals surface area contributed by atoms with Gasteiger partial charge in [-0.05, 0) is 30.5 Å². The number of halogens is 1. The molecule has 100 valence electrons. The minimum absolute atomic E-state index is 0.585. The monoisotopic (exact) mass is 266 g/mol. The molecule has 3 heteroatoms. The lowest BCUT2D eigenvalue weighted by Crippen LogP contribution is -2.53. The molecule has 0 radical (unpaired) electrons. The molecule has 0 bridgehead atoms. The lowest BCUT2D eigenvalue weighted by atomic mass is 9.96. The van der Waals surface area contributed by atoms with Gasteiger partial charge in [0.1, 0.15) is 0 Å². The zero-order chi connectivity index (χ0) is 13.1. The maximum atomic E-state index is 6.12. The van der Waals surface area contributed by atoms with Crippen molar-refractivity contribution in [3.8, 4) is 0 Å². The van der Waals surface area contributed by atoms with Crippen LogP contribution in [0.2, 0.25) is 5.02 Å². The van der Waals surface area contributed by atoms with Gasteiger partial charge in [0.2, 0.25) is 0 Å². The van der Waals surface area contributed by atoms with Crippen molar-refractivity contribution < 1.29 is 0 Å². The van der Waals surface area contributed by atoms with E-state index < -0.39 is 0 Å². The number of hydrogen-bond donors (Lipinski definition) is 1. The smallest absolute Gasteiger partial charge is 0.0426 e. The van der Waals surface area contributed by atoms with E-state index in [-0.39, 0.29) is 0 Å². The zero-order valence-corrected chi connectivity index (χ0v) is 12.3. The molecule has 0 aromatic heterocycles. The Balaban J connectivity index is 2.15. The van der Waals surface area contributed by atoms with Crippen molar-refractivity contribution in [3.63, 3.8) is 0 Å². The summed E-state index contributed by atoms with van der Waals surface area (Å²) in [4.78, 5) is 2.47. The average molecular weight is 267 g/mol. The van der Waals surface area contributed by atoms with E-state index in [0.29, 0.717) is 12.0 Å². The summed E-state index contributed by atoms with van der Waals surface area (Å²) in [6.07, 6.45) is 1.22. The molecule has 1 aliphatic heterocycles. The second-order valence-corrected chi connectivity index (χ2v) is 5.76. The van der Waals surface area contributed by atoms with Crippen molar-refractivity contribution in [1.29, 1.82) is 0 Å². The molecule has 1 N–H and O–H groups in total. The normalized spacial score (nSPS) is 22.0. The van der Waals surface area contributed by atoms with Crippen LogP contribution in [-0.2, 0) is 0 Å². The number of hydrogen-bond acceptors (Lipinski definition) is 2. The van der Waals surface area contributed by atoms with Crippen LogP contribution >= 0.6 is 11.6 Å². The Hall–Kier alpha value is -0.730. The summed E-state index contributed by atoms with van der Waals surface area (Å²) in [7, 11) is 0. The summed E-state index contributed by atoms with van der Waals surface area (Å²) in [5.74, 6) is 0.715. The molecule has 0 amide bonds. The highest BCUT2D eigenvalue weighted by atomic mass is 35.5. The molecule has 1 aliphatic rings. The lowest BCUT2D eigenvalue weighted by molar-refractivity contribution is 0.341.